The molecular weight excluding hydrogens is 394 g/mol. The zero-order chi connectivity index (χ0) is 20.3. The minimum absolute atomic E-state index is 0.0114. The lowest BCUT2D eigenvalue weighted by molar-refractivity contribution is 0.0834. The second-order valence-corrected chi connectivity index (χ2v) is 8.22. The van der Waals surface area contributed by atoms with Crippen molar-refractivity contribution in [1.29, 1.82) is 0 Å². The predicted octanol–water partition coefficient (Wildman–Crippen LogP) is 3.48. The molecule has 5 heterocycles. The molecule has 2 saturated heterocycles. The van der Waals surface area contributed by atoms with Gasteiger partial charge in [-0.15, -0.1) is 0 Å². The molecule has 3 aromatic rings. The van der Waals surface area contributed by atoms with Crippen molar-refractivity contribution >= 4 is 17.3 Å². The lowest BCUT2D eigenvalue weighted by atomic mass is 10.0. The topological polar surface area (TPSA) is 55.2 Å². The Balaban J connectivity index is 1.51. The monoisotopic (exact) mass is 419 g/mol. The van der Waals surface area contributed by atoms with E-state index in [4.69, 9.17) is 17.0 Å². The van der Waals surface area contributed by atoms with Gasteiger partial charge in [-0.2, -0.15) is 0 Å². The van der Waals surface area contributed by atoms with Crippen LogP contribution in [0.15, 0.2) is 67.3 Å². The van der Waals surface area contributed by atoms with E-state index >= 15 is 0 Å². The maximum Gasteiger partial charge on any atom is 0.170 e. The molecule has 30 heavy (non-hydrogen) atoms. The zero-order valence-electron chi connectivity index (χ0n) is 16.7. The van der Waals surface area contributed by atoms with E-state index in [9.17, 15) is 0 Å². The van der Waals surface area contributed by atoms with Crippen molar-refractivity contribution in [3.63, 3.8) is 0 Å². The van der Waals surface area contributed by atoms with Crippen LogP contribution in [0.2, 0.25) is 0 Å². The van der Waals surface area contributed by atoms with E-state index in [1.807, 2.05) is 30.6 Å². The lowest BCUT2D eigenvalue weighted by Crippen LogP contribution is -2.36. The molecule has 0 aliphatic carbocycles. The molecule has 2 aliphatic rings. The van der Waals surface area contributed by atoms with Crippen LogP contribution in [-0.4, -0.2) is 43.8 Å². The quantitative estimate of drug-likeness (QED) is 0.618. The molecule has 2 aliphatic heterocycles. The van der Waals surface area contributed by atoms with Gasteiger partial charge in [-0.05, 0) is 61.0 Å². The van der Waals surface area contributed by atoms with Crippen LogP contribution < -0.4 is 5.32 Å². The average Bonchev–Trinajstić information content (AvgIpc) is 3.52. The van der Waals surface area contributed by atoms with Gasteiger partial charge in [0.25, 0.3) is 0 Å². The Morgan fingerprint density at radius 2 is 2.10 bits per heavy atom. The van der Waals surface area contributed by atoms with E-state index in [1.54, 1.807) is 6.20 Å². The van der Waals surface area contributed by atoms with E-state index < -0.39 is 0 Å². The standard InChI is InChI=1S/C23H25N5OS/c30-23-26-21(19-8-1-2-11-25-19)22(28(23)16-18-7-5-13-29-18)20-9-4-12-27(20)15-17-6-3-10-24-14-17/h1-4,6,8-12,14,18,21-22H,5,7,13,15-16H2,(H,26,30)/t18-,21-,22-/m0/s1. The number of hydrogen-bond donors (Lipinski definition) is 1. The Labute approximate surface area is 181 Å². The van der Waals surface area contributed by atoms with Crippen LogP contribution in [0.4, 0.5) is 0 Å². The van der Waals surface area contributed by atoms with Gasteiger partial charge in [-0.25, -0.2) is 0 Å². The number of hydrogen-bond acceptors (Lipinski definition) is 4. The summed E-state index contributed by atoms with van der Waals surface area (Å²) in [6, 6.07) is 14.5. The highest BCUT2D eigenvalue weighted by Crippen LogP contribution is 2.39. The molecule has 3 aromatic heterocycles. The molecule has 0 unspecified atom stereocenters. The van der Waals surface area contributed by atoms with Crippen LogP contribution in [0.1, 0.15) is 41.9 Å². The molecule has 0 amide bonds. The number of thiocarbonyl (C=S) groups is 1. The first-order valence-corrected chi connectivity index (χ1v) is 10.8. The molecule has 1 N–H and O–H groups in total. The second kappa shape index (κ2) is 8.53. The molecule has 2 fully saturated rings. The van der Waals surface area contributed by atoms with E-state index in [-0.39, 0.29) is 18.2 Å². The first-order valence-electron chi connectivity index (χ1n) is 10.4. The van der Waals surface area contributed by atoms with Gasteiger partial charge in [0.05, 0.1) is 23.9 Å². The van der Waals surface area contributed by atoms with E-state index in [0.717, 1.165) is 43.3 Å². The number of ether oxygens (including phenoxy) is 1. The molecule has 3 atom stereocenters. The number of nitrogens with one attached hydrogen (secondary N) is 1. The SMILES string of the molecule is S=C1N[C@@H](c2ccccn2)[C@H](c2cccn2Cc2cccnc2)N1C[C@@H]1CCCO1. The van der Waals surface area contributed by atoms with Gasteiger partial charge in [0.2, 0.25) is 0 Å². The molecular formula is C23H25N5OS. The third-order valence-electron chi connectivity index (χ3n) is 5.87. The zero-order valence-corrected chi connectivity index (χ0v) is 17.5. The van der Waals surface area contributed by atoms with Crippen molar-refractivity contribution < 1.29 is 4.74 Å². The lowest BCUT2D eigenvalue weighted by Gasteiger charge is -2.30. The molecule has 6 nitrogen and oxygen atoms in total. The summed E-state index contributed by atoms with van der Waals surface area (Å²) in [7, 11) is 0. The first kappa shape index (κ1) is 19.2. The summed E-state index contributed by atoms with van der Waals surface area (Å²) in [5.41, 5.74) is 3.37. The number of pyridine rings is 2. The molecule has 0 saturated carbocycles. The van der Waals surface area contributed by atoms with Crippen LogP contribution >= 0.6 is 12.2 Å². The van der Waals surface area contributed by atoms with Gasteiger partial charge in [-0.1, -0.05) is 12.1 Å². The Hall–Kier alpha value is -2.77. The van der Waals surface area contributed by atoms with Crippen molar-refractivity contribution in [2.75, 3.05) is 13.2 Å². The molecule has 0 aromatic carbocycles. The van der Waals surface area contributed by atoms with Crippen molar-refractivity contribution in [2.24, 2.45) is 0 Å². The highest BCUT2D eigenvalue weighted by Gasteiger charge is 2.42. The molecule has 0 spiro atoms. The van der Waals surface area contributed by atoms with E-state index in [0.29, 0.717) is 0 Å². The van der Waals surface area contributed by atoms with E-state index in [2.05, 4.69) is 55.2 Å². The van der Waals surface area contributed by atoms with E-state index in [1.165, 1.54) is 11.3 Å². The fraction of sp³-hybridized carbons (Fsp3) is 0.348. The highest BCUT2D eigenvalue weighted by atomic mass is 32.1. The van der Waals surface area contributed by atoms with Gasteiger partial charge in [0.1, 0.15) is 0 Å². The van der Waals surface area contributed by atoms with Gasteiger partial charge in [-0.3, -0.25) is 9.97 Å². The number of rotatable bonds is 6. The Morgan fingerprint density at radius 3 is 2.87 bits per heavy atom. The van der Waals surface area contributed by atoms with Crippen molar-refractivity contribution in [2.45, 2.75) is 37.6 Å². The fourth-order valence-electron chi connectivity index (χ4n) is 4.46. The molecule has 0 radical (unpaired) electrons. The van der Waals surface area contributed by atoms with Crippen molar-refractivity contribution in [3.8, 4) is 0 Å². The van der Waals surface area contributed by atoms with Crippen molar-refractivity contribution in [3.05, 3.63) is 84.2 Å². The predicted molar refractivity (Wildman–Crippen MR) is 119 cm³/mol. The summed E-state index contributed by atoms with van der Waals surface area (Å²) >= 11 is 5.79. The van der Waals surface area contributed by atoms with Crippen LogP contribution in [0.3, 0.4) is 0 Å². The van der Waals surface area contributed by atoms with Crippen LogP contribution in [-0.2, 0) is 11.3 Å². The summed E-state index contributed by atoms with van der Waals surface area (Å²) in [6.45, 7) is 2.39. The number of aromatic nitrogens is 3. The second-order valence-electron chi connectivity index (χ2n) is 7.84. The van der Waals surface area contributed by atoms with Gasteiger partial charge in [0.15, 0.2) is 5.11 Å². The normalized spacial score (nSPS) is 23.7. The largest absolute Gasteiger partial charge is 0.376 e. The summed E-state index contributed by atoms with van der Waals surface area (Å²) in [4.78, 5) is 11.2. The van der Waals surface area contributed by atoms with Crippen molar-refractivity contribution in [1.82, 2.24) is 24.8 Å². The van der Waals surface area contributed by atoms with Crippen LogP contribution in [0.25, 0.3) is 0 Å². The third-order valence-corrected chi connectivity index (χ3v) is 6.22. The third kappa shape index (κ3) is 3.82. The van der Waals surface area contributed by atoms with Crippen LogP contribution in [0, 0.1) is 0 Å². The fourth-order valence-corrected chi connectivity index (χ4v) is 4.77. The minimum Gasteiger partial charge on any atom is -0.376 e. The number of nitrogens with zero attached hydrogens (tertiary/aromatic N) is 4. The summed E-state index contributed by atoms with van der Waals surface area (Å²) < 4.78 is 8.22. The Morgan fingerprint density at radius 1 is 1.13 bits per heavy atom. The summed E-state index contributed by atoms with van der Waals surface area (Å²) in [5, 5.41) is 4.30. The average molecular weight is 420 g/mol. The minimum atomic E-state index is -0.0114. The van der Waals surface area contributed by atoms with Gasteiger partial charge in [0, 0.05) is 50.2 Å². The molecule has 154 valence electrons. The summed E-state index contributed by atoms with van der Waals surface area (Å²) in [5.74, 6) is 0. The summed E-state index contributed by atoms with van der Waals surface area (Å²) in [6.07, 6.45) is 10.1. The Bertz CT molecular complexity index is 987. The van der Waals surface area contributed by atoms with Gasteiger partial charge < -0.3 is 19.5 Å². The first-order chi connectivity index (χ1) is 14.8. The smallest absolute Gasteiger partial charge is 0.170 e. The maximum atomic E-state index is 5.94. The highest BCUT2D eigenvalue weighted by molar-refractivity contribution is 7.80. The van der Waals surface area contributed by atoms with Gasteiger partial charge >= 0.3 is 0 Å². The molecule has 5 rings (SSSR count). The molecule has 7 heteroatoms. The van der Waals surface area contributed by atoms with Crippen LogP contribution in [0.5, 0.6) is 0 Å². The maximum absolute atomic E-state index is 5.94. The Kier molecular flexibility index (Phi) is 5.46. The molecule has 0 bridgehead atoms.